The van der Waals surface area contributed by atoms with Gasteiger partial charge in [0.25, 0.3) is 11.6 Å². The zero-order chi connectivity index (χ0) is 24.9. The van der Waals surface area contributed by atoms with E-state index in [0.717, 1.165) is 5.56 Å². The fourth-order valence-electron chi connectivity index (χ4n) is 3.45. The van der Waals surface area contributed by atoms with Gasteiger partial charge in [-0.15, -0.1) is 0 Å². The molecule has 0 saturated heterocycles. The highest BCUT2D eigenvalue weighted by molar-refractivity contribution is 5.94. The van der Waals surface area contributed by atoms with Crippen molar-refractivity contribution in [1.82, 2.24) is 10.2 Å². The lowest BCUT2D eigenvalue weighted by molar-refractivity contribution is -0.384. The number of nitro groups is 1. The normalized spacial score (nSPS) is 11.2. The second-order valence-electron chi connectivity index (χ2n) is 7.52. The minimum absolute atomic E-state index is 0.0278. The van der Waals surface area contributed by atoms with Gasteiger partial charge in [-0.25, -0.2) is 0 Å². The molecule has 0 aliphatic heterocycles. The van der Waals surface area contributed by atoms with E-state index in [9.17, 15) is 14.9 Å². The van der Waals surface area contributed by atoms with Gasteiger partial charge in [0.1, 0.15) is 5.75 Å². The molecule has 0 aliphatic rings. The molecule has 0 aliphatic carbocycles. The molecule has 1 unspecified atom stereocenters. The number of nitrogens with zero attached hydrogens (tertiary/aromatic N) is 2. The molecule has 3 aromatic carbocycles. The number of amides is 1. The number of carbonyl (C=O) groups excluding carboxylic acids is 1. The highest BCUT2D eigenvalue weighted by atomic mass is 16.6. The summed E-state index contributed by atoms with van der Waals surface area (Å²) >= 11 is 0. The predicted molar refractivity (Wildman–Crippen MR) is 135 cm³/mol. The van der Waals surface area contributed by atoms with Gasteiger partial charge in [-0.05, 0) is 55.0 Å². The number of methoxy groups -OCH3 is 1. The molecule has 3 rings (SSSR count). The molecule has 34 heavy (non-hydrogen) atoms. The van der Waals surface area contributed by atoms with E-state index in [1.165, 1.54) is 31.8 Å². The first kappa shape index (κ1) is 26.5. The van der Waals surface area contributed by atoms with Crippen LogP contribution in [0.25, 0.3) is 0 Å². The van der Waals surface area contributed by atoms with Crippen LogP contribution >= 0.6 is 0 Å². The van der Waals surface area contributed by atoms with E-state index in [0.29, 0.717) is 16.9 Å². The first-order chi connectivity index (χ1) is 16.4. The van der Waals surface area contributed by atoms with E-state index < -0.39 is 11.0 Å². The summed E-state index contributed by atoms with van der Waals surface area (Å²) in [6, 6.07) is 21.8. The summed E-state index contributed by atoms with van der Waals surface area (Å²) in [5.41, 5.74) is 1.90. The third-order valence-corrected chi connectivity index (χ3v) is 5.52. The van der Waals surface area contributed by atoms with Crippen LogP contribution in [0.1, 0.15) is 48.3 Å². The Morgan fingerprint density at radius 3 is 2.03 bits per heavy atom. The molecule has 1 N–H and O–H groups in total. The van der Waals surface area contributed by atoms with Crippen LogP contribution in [0.2, 0.25) is 0 Å². The van der Waals surface area contributed by atoms with Crippen molar-refractivity contribution >= 4 is 11.6 Å². The minimum atomic E-state index is -0.538. The van der Waals surface area contributed by atoms with Gasteiger partial charge in [0.05, 0.1) is 18.1 Å². The molecule has 1 amide bonds. The maximum atomic E-state index is 12.7. The third kappa shape index (κ3) is 7.71. The second-order valence-corrected chi connectivity index (χ2v) is 7.52. The molecule has 1 atom stereocenters. The van der Waals surface area contributed by atoms with Crippen molar-refractivity contribution in [3.05, 3.63) is 106 Å². The Morgan fingerprint density at radius 2 is 1.53 bits per heavy atom. The van der Waals surface area contributed by atoms with Crippen LogP contribution in [0, 0.1) is 10.1 Å². The standard InChI is InChI=1S/C21H18N2O4.C6H15N/c1-27-19-12-10-15(11-13-19)20(17-8-5-9-18(14-17)23(25)26)22-21(24)16-6-3-2-4-7-16;1-4-7(5-2)6-3/h2-14,20H,1H3,(H,22,24);4-6H2,1-3H3. The summed E-state index contributed by atoms with van der Waals surface area (Å²) in [5, 5.41) is 14.1. The predicted octanol–water partition coefficient (Wildman–Crippen LogP) is 5.47. The molecular formula is C27H33N3O4. The maximum Gasteiger partial charge on any atom is 0.269 e. The van der Waals surface area contributed by atoms with Crippen molar-refractivity contribution in [3.8, 4) is 5.75 Å². The average Bonchev–Trinajstić information content (AvgIpc) is 2.89. The Bertz CT molecular complexity index is 1030. The van der Waals surface area contributed by atoms with Gasteiger partial charge in [0.2, 0.25) is 0 Å². The number of non-ortho nitro benzene ring substituents is 1. The molecule has 0 heterocycles. The number of nitrogens with one attached hydrogen (secondary N) is 1. The fourth-order valence-corrected chi connectivity index (χ4v) is 3.45. The Morgan fingerprint density at radius 1 is 0.912 bits per heavy atom. The monoisotopic (exact) mass is 463 g/mol. The number of benzene rings is 3. The molecular weight excluding hydrogens is 430 g/mol. The van der Waals surface area contributed by atoms with Crippen LogP contribution < -0.4 is 10.1 Å². The van der Waals surface area contributed by atoms with Crippen molar-refractivity contribution in [1.29, 1.82) is 0 Å². The van der Waals surface area contributed by atoms with Crippen LogP contribution in [0.4, 0.5) is 5.69 Å². The van der Waals surface area contributed by atoms with E-state index in [-0.39, 0.29) is 11.6 Å². The largest absolute Gasteiger partial charge is 0.497 e. The van der Waals surface area contributed by atoms with Crippen molar-refractivity contribution in [2.24, 2.45) is 0 Å². The number of carbonyl (C=O) groups is 1. The van der Waals surface area contributed by atoms with Crippen molar-refractivity contribution in [3.63, 3.8) is 0 Å². The number of rotatable bonds is 9. The van der Waals surface area contributed by atoms with E-state index >= 15 is 0 Å². The van der Waals surface area contributed by atoms with Crippen molar-refractivity contribution in [2.75, 3.05) is 26.7 Å². The third-order valence-electron chi connectivity index (χ3n) is 5.52. The van der Waals surface area contributed by atoms with Crippen LogP contribution in [-0.2, 0) is 0 Å². The number of hydrogen-bond acceptors (Lipinski definition) is 5. The van der Waals surface area contributed by atoms with Crippen LogP contribution in [0.5, 0.6) is 5.75 Å². The number of hydrogen-bond donors (Lipinski definition) is 1. The molecule has 0 spiro atoms. The molecule has 180 valence electrons. The quantitative estimate of drug-likeness (QED) is 0.336. The smallest absolute Gasteiger partial charge is 0.269 e. The van der Waals surface area contributed by atoms with Gasteiger partial charge in [0.15, 0.2) is 0 Å². The summed E-state index contributed by atoms with van der Waals surface area (Å²) in [5.74, 6) is 0.425. The molecule has 0 bridgehead atoms. The topological polar surface area (TPSA) is 84.7 Å². The summed E-state index contributed by atoms with van der Waals surface area (Å²) in [6.07, 6.45) is 0. The van der Waals surface area contributed by atoms with E-state index in [1.807, 2.05) is 18.2 Å². The molecule has 0 aromatic heterocycles. The Balaban J connectivity index is 0.000000509. The van der Waals surface area contributed by atoms with Crippen LogP contribution in [-0.4, -0.2) is 42.5 Å². The van der Waals surface area contributed by atoms with Gasteiger partial charge in [-0.1, -0.05) is 63.2 Å². The van der Waals surface area contributed by atoms with Crippen LogP contribution in [0.15, 0.2) is 78.9 Å². The highest BCUT2D eigenvalue weighted by Gasteiger charge is 2.20. The van der Waals surface area contributed by atoms with E-state index in [4.69, 9.17) is 4.74 Å². The summed E-state index contributed by atoms with van der Waals surface area (Å²) in [4.78, 5) is 25.7. The van der Waals surface area contributed by atoms with Crippen molar-refractivity contribution in [2.45, 2.75) is 26.8 Å². The first-order valence-electron chi connectivity index (χ1n) is 11.4. The molecule has 7 heteroatoms. The molecule has 3 aromatic rings. The van der Waals surface area contributed by atoms with Gasteiger partial charge >= 0.3 is 0 Å². The summed E-state index contributed by atoms with van der Waals surface area (Å²) < 4.78 is 5.18. The number of nitro benzene ring substituents is 1. The van der Waals surface area contributed by atoms with Gasteiger partial charge < -0.3 is 15.0 Å². The van der Waals surface area contributed by atoms with E-state index in [1.54, 1.807) is 55.6 Å². The number of ether oxygens (including phenoxy) is 1. The molecule has 7 nitrogen and oxygen atoms in total. The van der Waals surface area contributed by atoms with Crippen molar-refractivity contribution < 1.29 is 14.5 Å². The first-order valence-corrected chi connectivity index (χ1v) is 11.4. The lowest BCUT2D eigenvalue weighted by Crippen LogP contribution is -2.29. The summed E-state index contributed by atoms with van der Waals surface area (Å²) in [7, 11) is 1.57. The fraction of sp³-hybridized carbons (Fsp3) is 0.296. The molecule has 0 fully saturated rings. The van der Waals surface area contributed by atoms with Gasteiger partial charge in [0, 0.05) is 17.7 Å². The average molecular weight is 464 g/mol. The summed E-state index contributed by atoms with van der Waals surface area (Å²) in [6.45, 7) is 10.1. The highest BCUT2D eigenvalue weighted by Crippen LogP contribution is 2.27. The minimum Gasteiger partial charge on any atom is -0.497 e. The Hall–Kier alpha value is -3.71. The van der Waals surface area contributed by atoms with Gasteiger partial charge in [-0.3, -0.25) is 14.9 Å². The lowest BCUT2D eigenvalue weighted by Gasteiger charge is -2.20. The Labute approximate surface area is 201 Å². The van der Waals surface area contributed by atoms with Gasteiger partial charge in [-0.2, -0.15) is 0 Å². The second kappa shape index (κ2) is 13.7. The van der Waals surface area contributed by atoms with E-state index in [2.05, 4.69) is 31.0 Å². The zero-order valence-electron chi connectivity index (χ0n) is 20.2. The zero-order valence-corrected chi connectivity index (χ0v) is 20.2. The SMILES string of the molecule is CCN(CC)CC.COc1ccc(C(NC(=O)c2ccccc2)c2cccc([N+](=O)[O-])c2)cc1. The van der Waals surface area contributed by atoms with Crippen LogP contribution in [0.3, 0.4) is 0 Å². The molecule has 0 saturated carbocycles. The molecule has 0 radical (unpaired) electrons. The maximum absolute atomic E-state index is 12.7. The lowest BCUT2D eigenvalue weighted by atomic mass is 9.97. The Kier molecular flexibility index (Phi) is 10.7.